The van der Waals surface area contributed by atoms with E-state index >= 15 is 0 Å². The number of hydrogen-bond acceptors (Lipinski definition) is 20. The molecule has 256 valence electrons. The van der Waals surface area contributed by atoms with Crippen molar-refractivity contribution in [1.82, 2.24) is 0 Å². The van der Waals surface area contributed by atoms with Gasteiger partial charge in [0.1, 0.15) is 97.7 Å². The summed E-state index contributed by atoms with van der Waals surface area (Å²) in [5.41, 5.74) is 0. The predicted octanol–water partition coefficient (Wildman–Crippen LogP) is -8.70. The van der Waals surface area contributed by atoms with Crippen LogP contribution in [0.15, 0.2) is 0 Å². The van der Waals surface area contributed by atoms with E-state index in [4.69, 9.17) is 37.9 Å². The molecule has 44 heavy (non-hydrogen) atoms. The van der Waals surface area contributed by atoms with Gasteiger partial charge in [-0.05, 0) is 0 Å². The van der Waals surface area contributed by atoms with Crippen LogP contribution >= 0.6 is 0 Å². The first-order chi connectivity index (χ1) is 20.9. The van der Waals surface area contributed by atoms with E-state index in [0.29, 0.717) is 0 Å². The summed E-state index contributed by atoms with van der Waals surface area (Å²) < 4.78 is 44.7. The van der Waals surface area contributed by atoms with Gasteiger partial charge >= 0.3 is 0 Å². The smallest absolute Gasteiger partial charge is 0.187 e. The second-order valence-corrected chi connectivity index (χ2v) is 11.2. The average Bonchev–Trinajstić information content (AvgIpc) is 3.02. The first kappa shape index (κ1) is 34.5. The molecule has 14 saturated heterocycles. The van der Waals surface area contributed by atoms with E-state index < -0.39 is 149 Å². The Balaban J connectivity index is 1.51. The van der Waals surface area contributed by atoms with Crippen LogP contribution in [0.25, 0.3) is 0 Å². The fourth-order valence-electron chi connectivity index (χ4n) is 5.95. The van der Waals surface area contributed by atoms with Crippen LogP contribution in [0.3, 0.4) is 0 Å². The number of aliphatic hydroxyl groups is 12. The molecule has 0 saturated carbocycles. The molecule has 14 rings (SSSR count). The van der Waals surface area contributed by atoms with Crippen molar-refractivity contribution in [2.24, 2.45) is 0 Å². The number of hydrogen-bond donors (Lipinski definition) is 12. The highest BCUT2D eigenvalue weighted by Crippen LogP contribution is 2.36. The SMILES string of the molecule is OC[C@H]1O[C@@H]2O[C@H]3[C@H](O)[C@@H](O)[C@@H](O[C@H]4[C@H](O)[C@@H](O)C(O[C@H]5[C@H](O)[C@H](O)C(O[C@H]1[C@H](O)[C@H]2O)O[C@@H]5CO)O[C@@H]4CO)O[C@@H]3CO. The van der Waals surface area contributed by atoms with Crippen molar-refractivity contribution in [3.63, 3.8) is 0 Å². The Bertz CT molecular complexity index is 780. The topological polar surface area (TPSA) is 317 Å². The van der Waals surface area contributed by atoms with E-state index in [0.717, 1.165) is 0 Å². The summed E-state index contributed by atoms with van der Waals surface area (Å²) in [5.74, 6) is 0. The van der Waals surface area contributed by atoms with Gasteiger partial charge in [0.05, 0.1) is 26.4 Å². The van der Waals surface area contributed by atoms with Gasteiger partial charge in [-0.3, -0.25) is 0 Å². The zero-order valence-corrected chi connectivity index (χ0v) is 23.0. The molecule has 0 aromatic carbocycles. The van der Waals surface area contributed by atoms with E-state index in [-0.39, 0.29) is 0 Å². The summed E-state index contributed by atoms with van der Waals surface area (Å²) in [6.07, 6.45) is -35.3. The van der Waals surface area contributed by atoms with Gasteiger partial charge in [-0.15, -0.1) is 0 Å². The number of aliphatic hydroxyl groups excluding tert-OH is 12. The van der Waals surface area contributed by atoms with Crippen molar-refractivity contribution >= 4 is 0 Å². The van der Waals surface area contributed by atoms with E-state index in [1.807, 2.05) is 0 Å². The lowest BCUT2D eigenvalue weighted by atomic mass is 9.94. The first-order valence-electron chi connectivity index (χ1n) is 14.1. The van der Waals surface area contributed by atoms with E-state index in [9.17, 15) is 61.3 Å². The minimum absolute atomic E-state index is 0.854. The van der Waals surface area contributed by atoms with Crippen LogP contribution in [-0.4, -0.2) is 211 Å². The Morgan fingerprint density at radius 3 is 0.614 bits per heavy atom. The summed E-state index contributed by atoms with van der Waals surface area (Å²) in [7, 11) is 0. The number of rotatable bonds is 4. The molecule has 14 heterocycles. The van der Waals surface area contributed by atoms with Crippen molar-refractivity contribution in [1.29, 1.82) is 0 Å². The maximum absolute atomic E-state index is 10.9. The number of ether oxygens (including phenoxy) is 8. The summed E-state index contributed by atoms with van der Waals surface area (Å²) in [5, 5.41) is 127. The quantitative estimate of drug-likeness (QED) is 0.135. The molecule has 2 unspecified atom stereocenters. The Morgan fingerprint density at radius 1 is 0.273 bits per heavy atom. The van der Waals surface area contributed by atoms with Crippen molar-refractivity contribution in [2.45, 2.75) is 123 Å². The van der Waals surface area contributed by atoms with Crippen LogP contribution < -0.4 is 0 Å². The third-order valence-corrected chi connectivity index (χ3v) is 8.45. The second-order valence-electron chi connectivity index (χ2n) is 11.2. The molecule has 0 aromatic heterocycles. The third-order valence-electron chi connectivity index (χ3n) is 8.45. The molecule has 20 heteroatoms. The molecule has 14 aliphatic rings. The zero-order chi connectivity index (χ0) is 32.0. The van der Waals surface area contributed by atoms with Crippen LogP contribution in [-0.2, 0) is 37.9 Å². The molecule has 0 aromatic rings. The summed E-state index contributed by atoms with van der Waals surface area (Å²) in [4.78, 5) is 0. The second kappa shape index (κ2) is 14.1. The Labute approximate surface area is 249 Å². The van der Waals surface area contributed by atoms with Gasteiger partial charge in [-0.2, -0.15) is 0 Å². The molecule has 20 atom stereocenters. The normalized spacial score (nSPS) is 55.4. The summed E-state index contributed by atoms with van der Waals surface area (Å²) >= 11 is 0. The van der Waals surface area contributed by atoms with Gasteiger partial charge in [-0.25, -0.2) is 0 Å². The van der Waals surface area contributed by atoms with Crippen LogP contribution in [0.2, 0.25) is 0 Å². The zero-order valence-electron chi connectivity index (χ0n) is 23.0. The molecular formula is C24H40O20. The highest BCUT2D eigenvalue weighted by Gasteiger charge is 2.56. The van der Waals surface area contributed by atoms with Gasteiger partial charge in [0.15, 0.2) is 25.2 Å². The van der Waals surface area contributed by atoms with Gasteiger partial charge in [-0.1, -0.05) is 0 Å². The Hall–Kier alpha value is -0.800. The highest BCUT2D eigenvalue weighted by atomic mass is 16.8. The molecule has 0 radical (unpaired) electrons. The van der Waals surface area contributed by atoms with E-state index in [1.165, 1.54) is 0 Å². The lowest BCUT2D eigenvalue weighted by Crippen LogP contribution is -2.69. The van der Waals surface area contributed by atoms with Crippen LogP contribution in [0.4, 0.5) is 0 Å². The predicted molar refractivity (Wildman–Crippen MR) is 131 cm³/mol. The van der Waals surface area contributed by atoms with Gasteiger partial charge in [0.2, 0.25) is 0 Å². The van der Waals surface area contributed by atoms with Crippen LogP contribution in [0.1, 0.15) is 0 Å². The molecule has 20 nitrogen and oxygen atoms in total. The van der Waals surface area contributed by atoms with Crippen LogP contribution in [0, 0.1) is 0 Å². The molecular weight excluding hydrogens is 608 g/mol. The van der Waals surface area contributed by atoms with Crippen molar-refractivity contribution < 1.29 is 99.2 Å². The van der Waals surface area contributed by atoms with Crippen molar-refractivity contribution in [3.05, 3.63) is 0 Å². The van der Waals surface area contributed by atoms with Crippen LogP contribution in [0.5, 0.6) is 0 Å². The average molecular weight is 649 g/mol. The fraction of sp³-hybridized carbons (Fsp3) is 1.00. The maximum Gasteiger partial charge on any atom is 0.187 e. The Morgan fingerprint density at radius 2 is 0.455 bits per heavy atom. The largest absolute Gasteiger partial charge is 0.394 e. The molecule has 14 fully saturated rings. The molecule has 0 spiro atoms. The highest BCUT2D eigenvalue weighted by molar-refractivity contribution is 4.99. The maximum atomic E-state index is 10.9. The first-order valence-corrected chi connectivity index (χ1v) is 14.1. The molecule has 0 amide bonds. The summed E-state index contributed by atoms with van der Waals surface area (Å²) in [6.45, 7) is -3.42. The van der Waals surface area contributed by atoms with E-state index in [1.54, 1.807) is 0 Å². The van der Waals surface area contributed by atoms with Gasteiger partial charge < -0.3 is 99.2 Å². The van der Waals surface area contributed by atoms with Crippen molar-refractivity contribution in [3.8, 4) is 0 Å². The standard InChI is InChI=1S/C24H40O20/c25-1-5-17-9(29)13(33)21(37-5)42-18-6(2-26)39-23(15(35)11(18)31)44-20-8(4-28)40-24(16(36)12(20)32)43-19-7(3-27)38-22(41-17)14(34)10(19)30/h5-36H,1-4H2/t5-,6-,7-,8-,9-,10-,11-,12-,13-,14-,15-,16+,17-,18-,19-,20-,21-,22-,23?,24?/m1/s1. The van der Waals surface area contributed by atoms with E-state index in [2.05, 4.69) is 0 Å². The summed E-state index contributed by atoms with van der Waals surface area (Å²) in [6, 6.07) is 0. The van der Waals surface area contributed by atoms with Gasteiger partial charge in [0.25, 0.3) is 0 Å². The molecule has 0 aliphatic carbocycles. The van der Waals surface area contributed by atoms with Gasteiger partial charge in [0, 0.05) is 0 Å². The Kier molecular flexibility index (Phi) is 11.1. The molecule has 8 bridgehead atoms. The fourth-order valence-corrected chi connectivity index (χ4v) is 5.95. The lowest BCUT2D eigenvalue weighted by Gasteiger charge is -2.50. The molecule has 12 N–H and O–H groups in total. The van der Waals surface area contributed by atoms with Crippen molar-refractivity contribution in [2.75, 3.05) is 26.4 Å². The minimum Gasteiger partial charge on any atom is -0.394 e. The minimum atomic E-state index is -1.96. The lowest BCUT2D eigenvalue weighted by molar-refractivity contribution is -0.404. The monoisotopic (exact) mass is 648 g/mol. The molecule has 14 aliphatic heterocycles. The third kappa shape index (κ3) is 6.25.